The summed E-state index contributed by atoms with van der Waals surface area (Å²) in [4.78, 5) is 4.13. The van der Waals surface area contributed by atoms with Crippen LogP contribution >= 0.6 is 0 Å². The molecule has 0 saturated heterocycles. The predicted molar refractivity (Wildman–Crippen MR) is 52.4 cm³/mol. The van der Waals surface area contributed by atoms with Crippen molar-refractivity contribution in [2.45, 2.75) is 31.9 Å². The second-order valence-electron chi connectivity index (χ2n) is 3.89. The topological polar surface area (TPSA) is 22.1 Å². The van der Waals surface area contributed by atoms with Crippen molar-refractivity contribution in [3.05, 3.63) is 23.5 Å². The highest BCUT2D eigenvalue weighted by atomic mass is 19.4. The molecule has 0 amide bonds. The largest absolute Gasteiger partial charge is 0.482 e. The van der Waals surface area contributed by atoms with E-state index in [1.807, 2.05) is 0 Å². The van der Waals surface area contributed by atoms with Crippen LogP contribution < -0.4 is 4.74 Å². The van der Waals surface area contributed by atoms with E-state index in [0.717, 1.165) is 36.9 Å². The summed E-state index contributed by atoms with van der Waals surface area (Å²) < 4.78 is 40.5. The third-order valence-electron chi connectivity index (χ3n) is 2.55. The normalized spacial score (nSPS) is 15.7. The highest BCUT2D eigenvalue weighted by molar-refractivity contribution is 5.31. The van der Waals surface area contributed by atoms with Crippen molar-refractivity contribution in [1.29, 1.82) is 0 Å². The van der Waals surface area contributed by atoms with Gasteiger partial charge in [-0.25, -0.2) is 0 Å². The van der Waals surface area contributed by atoms with E-state index in [2.05, 4.69) is 9.72 Å². The fraction of sp³-hybridized carbons (Fsp3) is 0.545. The minimum atomic E-state index is -4.30. The molecule has 0 atom stereocenters. The van der Waals surface area contributed by atoms with Crippen LogP contribution in [0.1, 0.15) is 24.1 Å². The van der Waals surface area contributed by atoms with Crippen LogP contribution in [0, 0.1) is 0 Å². The fourth-order valence-electron chi connectivity index (χ4n) is 1.81. The lowest BCUT2D eigenvalue weighted by atomic mass is 9.96. The van der Waals surface area contributed by atoms with Crippen LogP contribution in [0.15, 0.2) is 12.3 Å². The van der Waals surface area contributed by atoms with E-state index in [0.29, 0.717) is 0 Å². The number of aryl methyl sites for hydroxylation is 2. The zero-order valence-electron chi connectivity index (χ0n) is 8.68. The molecule has 0 aliphatic heterocycles. The van der Waals surface area contributed by atoms with Gasteiger partial charge in [0.2, 0.25) is 0 Å². The molecule has 88 valence electrons. The maximum atomic E-state index is 11.9. The van der Waals surface area contributed by atoms with Gasteiger partial charge in [0, 0.05) is 5.69 Å². The molecule has 0 radical (unpaired) electrons. The minimum absolute atomic E-state index is 0.206. The Bertz CT molecular complexity index is 376. The van der Waals surface area contributed by atoms with Crippen molar-refractivity contribution < 1.29 is 17.9 Å². The number of hydrogen-bond acceptors (Lipinski definition) is 2. The van der Waals surface area contributed by atoms with Gasteiger partial charge in [0.15, 0.2) is 6.61 Å². The summed E-state index contributed by atoms with van der Waals surface area (Å²) in [5, 5.41) is 0. The molecule has 0 aromatic carbocycles. The molecule has 2 nitrogen and oxygen atoms in total. The molecule has 1 aliphatic carbocycles. The van der Waals surface area contributed by atoms with Gasteiger partial charge in [-0.05, 0) is 37.3 Å². The average molecular weight is 231 g/mol. The van der Waals surface area contributed by atoms with Gasteiger partial charge < -0.3 is 4.74 Å². The number of aromatic nitrogens is 1. The summed E-state index contributed by atoms with van der Waals surface area (Å²) in [5.41, 5.74) is 2.01. The van der Waals surface area contributed by atoms with Crippen LogP contribution in [0.4, 0.5) is 13.2 Å². The Balaban J connectivity index is 2.06. The van der Waals surface area contributed by atoms with Gasteiger partial charge in [-0.3, -0.25) is 4.98 Å². The molecular weight excluding hydrogens is 219 g/mol. The lowest BCUT2D eigenvalue weighted by molar-refractivity contribution is -0.153. The Kier molecular flexibility index (Phi) is 3.03. The third kappa shape index (κ3) is 2.87. The summed E-state index contributed by atoms with van der Waals surface area (Å²) in [6.45, 7) is -1.26. The number of ether oxygens (including phenoxy) is 1. The Morgan fingerprint density at radius 3 is 2.75 bits per heavy atom. The van der Waals surface area contributed by atoms with E-state index in [1.54, 1.807) is 6.07 Å². The van der Waals surface area contributed by atoms with Gasteiger partial charge in [0.05, 0.1) is 6.20 Å². The first kappa shape index (κ1) is 11.2. The van der Waals surface area contributed by atoms with Gasteiger partial charge in [-0.2, -0.15) is 13.2 Å². The molecule has 0 spiro atoms. The summed E-state index contributed by atoms with van der Waals surface area (Å²) in [5.74, 6) is 0.206. The van der Waals surface area contributed by atoms with Crippen LogP contribution in [-0.2, 0) is 12.8 Å². The van der Waals surface area contributed by atoms with Crippen LogP contribution in [0.3, 0.4) is 0 Å². The van der Waals surface area contributed by atoms with Gasteiger partial charge in [-0.15, -0.1) is 0 Å². The summed E-state index contributed by atoms with van der Waals surface area (Å²) in [7, 11) is 0. The SMILES string of the molecule is FC(F)(F)COc1cnc2c(c1)CCCC2. The molecule has 0 fully saturated rings. The van der Waals surface area contributed by atoms with E-state index < -0.39 is 12.8 Å². The van der Waals surface area contributed by atoms with E-state index >= 15 is 0 Å². The van der Waals surface area contributed by atoms with Gasteiger partial charge >= 0.3 is 6.18 Å². The predicted octanol–water partition coefficient (Wildman–Crippen LogP) is 2.90. The van der Waals surface area contributed by atoms with Crippen molar-refractivity contribution in [2.75, 3.05) is 6.61 Å². The lowest BCUT2D eigenvalue weighted by Gasteiger charge is -2.16. The number of alkyl halides is 3. The number of hydrogen-bond donors (Lipinski definition) is 0. The Morgan fingerprint density at radius 1 is 1.25 bits per heavy atom. The maximum Gasteiger partial charge on any atom is 0.422 e. The van der Waals surface area contributed by atoms with Crippen LogP contribution in [0.25, 0.3) is 0 Å². The van der Waals surface area contributed by atoms with Gasteiger partial charge in [0.1, 0.15) is 5.75 Å². The van der Waals surface area contributed by atoms with Crippen molar-refractivity contribution in [2.24, 2.45) is 0 Å². The van der Waals surface area contributed by atoms with E-state index in [4.69, 9.17) is 0 Å². The zero-order chi connectivity index (χ0) is 11.6. The second-order valence-corrected chi connectivity index (χ2v) is 3.89. The third-order valence-corrected chi connectivity index (χ3v) is 2.55. The van der Waals surface area contributed by atoms with Crippen molar-refractivity contribution >= 4 is 0 Å². The molecule has 0 saturated carbocycles. The van der Waals surface area contributed by atoms with Crippen molar-refractivity contribution in [1.82, 2.24) is 4.98 Å². The van der Waals surface area contributed by atoms with E-state index in [9.17, 15) is 13.2 Å². The molecule has 1 aromatic heterocycles. The second kappa shape index (κ2) is 4.31. The number of halogens is 3. The molecular formula is C11H12F3NO. The number of nitrogens with zero attached hydrogens (tertiary/aromatic N) is 1. The molecule has 1 aromatic rings. The molecule has 16 heavy (non-hydrogen) atoms. The summed E-state index contributed by atoms with van der Waals surface area (Å²) in [6.07, 6.45) is 1.03. The number of pyridine rings is 1. The molecule has 0 N–H and O–H groups in total. The van der Waals surface area contributed by atoms with Gasteiger partial charge in [-0.1, -0.05) is 0 Å². The number of rotatable bonds is 2. The molecule has 1 heterocycles. The first-order valence-corrected chi connectivity index (χ1v) is 5.22. The summed E-state index contributed by atoms with van der Waals surface area (Å²) in [6, 6.07) is 1.67. The lowest BCUT2D eigenvalue weighted by Crippen LogP contribution is -2.19. The zero-order valence-corrected chi connectivity index (χ0v) is 8.68. The van der Waals surface area contributed by atoms with E-state index in [1.165, 1.54) is 6.20 Å². The average Bonchev–Trinajstić information content (AvgIpc) is 2.25. The highest BCUT2D eigenvalue weighted by Gasteiger charge is 2.28. The Labute approximate surface area is 91.4 Å². The van der Waals surface area contributed by atoms with Gasteiger partial charge in [0.25, 0.3) is 0 Å². The van der Waals surface area contributed by atoms with Crippen LogP contribution in [-0.4, -0.2) is 17.8 Å². The fourth-order valence-corrected chi connectivity index (χ4v) is 1.81. The van der Waals surface area contributed by atoms with Crippen LogP contribution in [0.2, 0.25) is 0 Å². The standard InChI is InChI=1S/C11H12F3NO/c12-11(13,14)7-16-9-5-8-3-1-2-4-10(8)15-6-9/h5-6H,1-4,7H2. The van der Waals surface area contributed by atoms with E-state index in [-0.39, 0.29) is 5.75 Å². The molecule has 0 unspecified atom stereocenters. The maximum absolute atomic E-state index is 11.9. The van der Waals surface area contributed by atoms with Crippen molar-refractivity contribution in [3.8, 4) is 5.75 Å². The molecule has 5 heteroatoms. The molecule has 1 aliphatic rings. The smallest absolute Gasteiger partial charge is 0.422 e. The monoisotopic (exact) mass is 231 g/mol. The highest BCUT2D eigenvalue weighted by Crippen LogP contribution is 2.24. The number of fused-ring (bicyclic) bond motifs is 1. The summed E-state index contributed by atoms with van der Waals surface area (Å²) >= 11 is 0. The molecule has 0 bridgehead atoms. The van der Waals surface area contributed by atoms with Crippen molar-refractivity contribution in [3.63, 3.8) is 0 Å². The Hall–Kier alpha value is -1.26. The van der Waals surface area contributed by atoms with Crippen LogP contribution in [0.5, 0.6) is 5.75 Å². The first-order chi connectivity index (χ1) is 7.54. The quantitative estimate of drug-likeness (QED) is 0.780. The first-order valence-electron chi connectivity index (χ1n) is 5.22. The Morgan fingerprint density at radius 2 is 2.00 bits per heavy atom. The minimum Gasteiger partial charge on any atom is -0.482 e. The molecule has 2 rings (SSSR count).